The third-order valence-electron chi connectivity index (χ3n) is 1.75. The monoisotopic (exact) mass is 239 g/mol. The lowest BCUT2D eigenvalue weighted by Gasteiger charge is -2.08. The Kier molecular flexibility index (Phi) is 4.86. The molecule has 0 aliphatic heterocycles. The second-order valence-electron chi connectivity index (χ2n) is 2.99. The van der Waals surface area contributed by atoms with Crippen LogP contribution in [0.15, 0.2) is 30.4 Å². The Hall–Kier alpha value is -1.48. The molecule has 3 nitrogen and oxygen atoms in total. The van der Waals surface area contributed by atoms with Crippen molar-refractivity contribution in [3.63, 3.8) is 0 Å². The summed E-state index contributed by atoms with van der Waals surface area (Å²) >= 11 is 5.98. The van der Waals surface area contributed by atoms with E-state index in [1.54, 1.807) is 30.4 Å². The summed E-state index contributed by atoms with van der Waals surface area (Å²) < 4.78 is 10.5. The lowest BCUT2D eigenvalue weighted by molar-refractivity contribution is 0.340. The Labute approximate surface area is 100 Å². The van der Waals surface area contributed by atoms with Crippen LogP contribution in [0.4, 0.5) is 0 Å². The van der Waals surface area contributed by atoms with Gasteiger partial charge in [-0.15, -0.1) is 0 Å². The highest BCUT2D eigenvalue weighted by molar-refractivity contribution is 6.32. The molecule has 0 aliphatic carbocycles. The number of halogens is 1. The van der Waals surface area contributed by atoms with Gasteiger partial charge >= 0.3 is 0 Å². The van der Waals surface area contributed by atoms with E-state index in [1.165, 1.54) is 0 Å². The van der Waals surface area contributed by atoms with Crippen molar-refractivity contribution in [1.29, 1.82) is 5.41 Å². The molecule has 0 radical (unpaired) electrons. The standard InChI is InChI=1S/C12H14ClNO2/c1-3-5-12(14)16-11-7-6-9(15-4-2)8-10(11)13/h3,5-8,14H,4H2,1-2H3/b5-3-,14-12?. The van der Waals surface area contributed by atoms with Crippen molar-refractivity contribution < 1.29 is 9.47 Å². The summed E-state index contributed by atoms with van der Waals surface area (Å²) in [6.45, 7) is 4.31. The molecule has 0 saturated heterocycles. The molecule has 1 aromatic rings. The summed E-state index contributed by atoms with van der Waals surface area (Å²) in [6, 6.07) is 5.11. The van der Waals surface area contributed by atoms with Crippen LogP contribution >= 0.6 is 11.6 Å². The van der Waals surface area contributed by atoms with Crippen LogP contribution in [0.3, 0.4) is 0 Å². The summed E-state index contributed by atoms with van der Waals surface area (Å²) in [5.74, 6) is 1.19. The first-order valence-electron chi connectivity index (χ1n) is 4.98. The zero-order valence-electron chi connectivity index (χ0n) is 9.29. The highest BCUT2D eigenvalue weighted by Gasteiger charge is 2.05. The van der Waals surface area contributed by atoms with E-state index < -0.39 is 0 Å². The third-order valence-corrected chi connectivity index (χ3v) is 2.05. The van der Waals surface area contributed by atoms with Crippen LogP contribution in [0.25, 0.3) is 0 Å². The quantitative estimate of drug-likeness (QED) is 0.644. The highest BCUT2D eigenvalue weighted by Crippen LogP contribution is 2.28. The van der Waals surface area contributed by atoms with Gasteiger partial charge in [0, 0.05) is 6.07 Å². The van der Waals surface area contributed by atoms with Crippen LogP contribution in [0, 0.1) is 5.41 Å². The van der Waals surface area contributed by atoms with Gasteiger partial charge in [-0.25, -0.2) is 0 Å². The molecule has 1 rings (SSSR count). The Bertz CT molecular complexity index is 402. The average molecular weight is 240 g/mol. The lowest BCUT2D eigenvalue weighted by Crippen LogP contribution is -2.03. The molecule has 1 N–H and O–H groups in total. The van der Waals surface area contributed by atoms with Gasteiger partial charge in [0.05, 0.1) is 11.6 Å². The van der Waals surface area contributed by atoms with Crippen molar-refractivity contribution in [1.82, 2.24) is 0 Å². The van der Waals surface area contributed by atoms with E-state index in [-0.39, 0.29) is 5.90 Å². The smallest absolute Gasteiger partial charge is 0.211 e. The van der Waals surface area contributed by atoms with Crippen molar-refractivity contribution in [3.8, 4) is 11.5 Å². The van der Waals surface area contributed by atoms with Gasteiger partial charge < -0.3 is 9.47 Å². The van der Waals surface area contributed by atoms with Gasteiger partial charge in [-0.05, 0) is 32.1 Å². The van der Waals surface area contributed by atoms with Crippen LogP contribution in [-0.4, -0.2) is 12.5 Å². The van der Waals surface area contributed by atoms with E-state index in [1.807, 2.05) is 13.8 Å². The summed E-state index contributed by atoms with van der Waals surface area (Å²) in [5.41, 5.74) is 0. The molecule has 16 heavy (non-hydrogen) atoms. The minimum atomic E-state index is 0.0496. The Morgan fingerprint density at radius 3 is 2.81 bits per heavy atom. The molecule has 0 spiro atoms. The van der Waals surface area contributed by atoms with Gasteiger partial charge in [-0.1, -0.05) is 17.7 Å². The van der Waals surface area contributed by atoms with E-state index in [0.717, 1.165) is 0 Å². The van der Waals surface area contributed by atoms with Gasteiger partial charge in [0.15, 0.2) is 0 Å². The van der Waals surface area contributed by atoms with Crippen LogP contribution in [0.2, 0.25) is 5.02 Å². The summed E-state index contributed by atoms with van der Waals surface area (Å²) in [6.07, 6.45) is 3.28. The molecule has 1 aromatic carbocycles. The first-order valence-corrected chi connectivity index (χ1v) is 5.36. The number of ether oxygens (including phenoxy) is 2. The lowest BCUT2D eigenvalue weighted by atomic mass is 10.3. The predicted molar refractivity (Wildman–Crippen MR) is 65.8 cm³/mol. The van der Waals surface area contributed by atoms with Gasteiger partial charge in [0.1, 0.15) is 11.5 Å². The molecule has 0 bridgehead atoms. The van der Waals surface area contributed by atoms with Crippen LogP contribution in [-0.2, 0) is 0 Å². The van der Waals surface area contributed by atoms with Crippen LogP contribution < -0.4 is 9.47 Å². The zero-order valence-corrected chi connectivity index (χ0v) is 10.0. The molecular formula is C12H14ClNO2. The van der Waals surface area contributed by atoms with Crippen molar-refractivity contribution in [2.45, 2.75) is 13.8 Å². The molecule has 0 aromatic heterocycles. The number of allylic oxidation sites excluding steroid dienone is 1. The van der Waals surface area contributed by atoms with E-state index in [0.29, 0.717) is 23.1 Å². The Morgan fingerprint density at radius 1 is 1.50 bits per heavy atom. The summed E-state index contributed by atoms with van der Waals surface area (Å²) in [5, 5.41) is 7.89. The molecule has 4 heteroatoms. The minimum Gasteiger partial charge on any atom is -0.494 e. The third kappa shape index (κ3) is 3.59. The molecule has 0 saturated carbocycles. The average Bonchev–Trinajstić information content (AvgIpc) is 2.23. The second kappa shape index (κ2) is 6.18. The molecule has 86 valence electrons. The Balaban J connectivity index is 2.78. The molecule has 0 unspecified atom stereocenters. The maximum Gasteiger partial charge on any atom is 0.211 e. The number of rotatable bonds is 4. The normalized spacial score (nSPS) is 10.4. The SMILES string of the molecule is C/C=C\C(=N)Oc1ccc(OCC)cc1Cl. The van der Waals surface area contributed by atoms with Gasteiger partial charge in [0.25, 0.3) is 0 Å². The maximum absolute atomic E-state index is 7.46. The minimum absolute atomic E-state index is 0.0496. The zero-order chi connectivity index (χ0) is 12.0. The molecule has 0 heterocycles. The second-order valence-corrected chi connectivity index (χ2v) is 3.40. The van der Waals surface area contributed by atoms with E-state index in [2.05, 4.69) is 0 Å². The predicted octanol–water partition coefficient (Wildman–Crippen LogP) is 3.67. The van der Waals surface area contributed by atoms with Crippen molar-refractivity contribution in [2.24, 2.45) is 0 Å². The molecule has 0 amide bonds. The van der Waals surface area contributed by atoms with Crippen LogP contribution in [0.1, 0.15) is 13.8 Å². The van der Waals surface area contributed by atoms with Crippen molar-refractivity contribution >= 4 is 17.5 Å². The molecule has 0 fully saturated rings. The number of nitrogens with one attached hydrogen (secondary N) is 1. The van der Waals surface area contributed by atoms with Gasteiger partial charge in [-0.2, -0.15) is 0 Å². The summed E-state index contributed by atoms with van der Waals surface area (Å²) in [4.78, 5) is 0. The molecular weight excluding hydrogens is 226 g/mol. The Morgan fingerprint density at radius 2 is 2.25 bits per heavy atom. The van der Waals surface area contributed by atoms with Crippen molar-refractivity contribution in [2.75, 3.05) is 6.61 Å². The number of hydrogen-bond donors (Lipinski definition) is 1. The van der Waals surface area contributed by atoms with Gasteiger partial charge in [0.2, 0.25) is 5.90 Å². The number of benzene rings is 1. The fourth-order valence-electron chi connectivity index (χ4n) is 1.12. The van der Waals surface area contributed by atoms with E-state index in [9.17, 15) is 0 Å². The maximum atomic E-state index is 7.46. The summed E-state index contributed by atoms with van der Waals surface area (Å²) in [7, 11) is 0. The topological polar surface area (TPSA) is 42.3 Å². The highest BCUT2D eigenvalue weighted by atomic mass is 35.5. The largest absolute Gasteiger partial charge is 0.494 e. The fraction of sp³-hybridized carbons (Fsp3) is 0.250. The van der Waals surface area contributed by atoms with Crippen LogP contribution in [0.5, 0.6) is 11.5 Å². The van der Waals surface area contributed by atoms with E-state index >= 15 is 0 Å². The van der Waals surface area contributed by atoms with Gasteiger partial charge in [-0.3, -0.25) is 5.41 Å². The first kappa shape index (κ1) is 12.6. The fourth-order valence-corrected chi connectivity index (χ4v) is 1.33. The number of hydrogen-bond acceptors (Lipinski definition) is 3. The first-order chi connectivity index (χ1) is 7.67. The van der Waals surface area contributed by atoms with E-state index in [4.69, 9.17) is 26.5 Å². The van der Waals surface area contributed by atoms with Crippen molar-refractivity contribution in [3.05, 3.63) is 35.4 Å². The molecule has 0 atom stereocenters. The molecule has 0 aliphatic rings.